The minimum Gasteiger partial charge on any atom is -0.398 e. The molecule has 0 heterocycles. The minimum atomic E-state index is -3.85. The van der Waals surface area contributed by atoms with Crippen LogP contribution < -0.4 is 5.73 Å². The molecule has 0 aliphatic rings. The van der Waals surface area contributed by atoms with E-state index in [2.05, 4.69) is 0 Å². The van der Waals surface area contributed by atoms with E-state index in [1.807, 2.05) is 13.8 Å². The molecule has 1 atom stereocenters. The SMILES string of the molecule is CCC(C)CN(CC)S(=O)(=O)c1cc(N)c(C)cc1F. The summed E-state index contributed by atoms with van der Waals surface area (Å²) < 4.78 is 40.3. The Morgan fingerprint density at radius 3 is 2.45 bits per heavy atom. The van der Waals surface area contributed by atoms with Gasteiger partial charge in [0.15, 0.2) is 0 Å². The van der Waals surface area contributed by atoms with Gasteiger partial charge in [-0.05, 0) is 30.5 Å². The van der Waals surface area contributed by atoms with E-state index in [1.165, 1.54) is 16.4 Å². The third-order valence-electron chi connectivity index (χ3n) is 3.50. The van der Waals surface area contributed by atoms with E-state index in [0.29, 0.717) is 18.7 Å². The first-order valence-electron chi connectivity index (χ1n) is 6.79. The molecule has 1 rings (SSSR count). The smallest absolute Gasteiger partial charge is 0.246 e. The summed E-state index contributed by atoms with van der Waals surface area (Å²) >= 11 is 0. The highest BCUT2D eigenvalue weighted by molar-refractivity contribution is 7.89. The van der Waals surface area contributed by atoms with E-state index in [9.17, 15) is 12.8 Å². The number of hydrogen-bond acceptors (Lipinski definition) is 3. The van der Waals surface area contributed by atoms with Crippen molar-refractivity contribution in [1.29, 1.82) is 0 Å². The molecule has 0 spiro atoms. The van der Waals surface area contributed by atoms with E-state index in [4.69, 9.17) is 5.73 Å². The van der Waals surface area contributed by atoms with Crippen molar-refractivity contribution in [2.24, 2.45) is 5.92 Å². The van der Waals surface area contributed by atoms with Crippen LogP contribution in [0, 0.1) is 18.7 Å². The Morgan fingerprint density at radius 2 is 1.95 bits per heavy atom. The molecule has 0 fully saturated rings. The molecule has 4 nitrogen and oxygen atoms in total. The van der Waals surface area contributed by atoms with Crippen molar-refractivity contribution in [3.8, 4) is 0 Å². The first-order valence-corrected chi connectivity index (χ1v) is 8.23. The van der Waals surface area contributed by atoms with Gasteiger partial charge < -0.3 is 5.73 Å². The lowest BCUT2D eigenvalue weighted by molar-refractivity contribution is 0.360. The molecule has 1 unspecified atom stereocenters. The third-order valence-corrected chi connectivity index (χ3v) is 5.46. The molecule has 20 heavy (non-hydrogen) atoms. The zero-order valence-corrected chi connectivity index (χ0v) is 13.3. The lowest BCUT2D eigenvalue weighted by Gasteiger charge is -2.24. The zero-order chi connectivity index (χ0) is 15.5. The van der Waals surface area contributed by atoms with Crippen molar-refractivity contribution in [3.05, 3.63) is 23.5 Å². The summed E-state index contributed by atoms with van der Waals surface area (Å²) in [5.74, 6) is -0.533. The van der Waals surface area contributed by atoms with Gasteiger partial charge in [-0.1, -0.05) is 27.2 Å². The second-order valence-corrected chi connectivity index (χ2v) is 7.01. The van der Waals surface area contributed by atoms with Crippen molar-refractivity contribution in [2.75, 3.05) is 18.8 Å². The Hall–Kier alpha value is -1.14. The Balaban J connectivity index is 3.24. The molecule has 0 aromatic heterocycles. The van der Waals surface area contributed by atoms with Gasteiger partial charge in [0.2, 0.25) is 10.0 Å². The lowest BCUT2D eigenvalue weighted by Crippen LogP contribution is -2.35. The predicted octanol–water partition coefficient (Wildman–Crippen LogP) is 2.77. The second kappa shape index (κ2) is 6.54. The van der Waals surface area contributed by atoms with Crippen LogP contribution in [-0.4, -0.2) is 25.8 Å². The topological polar surface area (TPSA) is 63.4 Å². The number of anilines is 1. The molecule has 0 aliphatic carbocycles. The minimum absolute atomic E-state index is 0.218. The van der Waals surface area contributed by atoms with Crippen molar-refractivity contribution in [2.45, 2.75) is 39.0 Å². The Kier molecular flexibility index (Phi) is 5.53. The maximum atomic E-state index is 14.0. The van der Waals surface area contributed by atoms with Crippen LogP contribution in [0.25, 0.3) is 0 Å². The lowest BCUT2D eigenvalue weighted by atomic mass is 10.1. The van der Waals surface area contributed by atoms with Gasteiger partial charge in [0.25, 0.3) is 0 Å². The molecule has 0 bridgehead atoms. The van der Waals surface area contributed by atoms with Gasteiger partial charge in [-0.25, -0.2) is 12.8 Å². The van der Waals surface area contributed by atoms with Crippen LogP contribution in [0.3, 0.4) is 0 Å². The first-order chi connectivity index (χ1) is 9.23. The summed E-state index contributed by atoms with van der Waals surface area (Å²) in [6, 6.07) is 2.37. The molecule has 6 heteroatoms. The van der Waals surface area contributed by atoms with Gasteiger partial charge in [0.05, 0.1) is 0 Å². The van der Waals surface area contributed by atoms with Crippen LogP contribution in [0.15, 0.2) is 17.0 Å². The fourth-order valence-electron chi connectivity index (χ4n) is 1.88. The van der Waals surface area contributed by atoms with Gasteiger partial charge in [-0.3, -0.25) is 0 Å². The number of nitrogen functional groups attached to an aromatic ring is 1. The first kappa shape index (κ1) is 16.9. The zero-order valence-electron chi connectivity index (χ0n) is 12.5. The predicted molar refractivity (Wildman–Crippen MR) is 79.4 cm³/mol. The van der Waals surface area contributed by atoms with E-state index >= 15 is 0 Å². The molecule has 0 saturated heterocycles. The summed E-state index contributed by atoms with van der Waals surface area (Å²) in [4.78, 5) is -0.342. The van der Waals surface area contributed by atoms with Crippen molar-refractivity contribution in [3.63, 3.8) is 0 Å². The normalized spacial score (nSPS) is 13.7. The average molecular weight is 302 g/mol. The number of halogens is 1. The van der Waals surface area contributed by atoms with Crippen LogP contribution in [0.1, 0.15) is 32.8 Å². The van der Waals surface area contributed by atoms with Crippen LogP contribution in [0.2, 0.25) is 0 Å². The maximum Gasteiger partial charge on any atom is 0.246 e. The van der Waals surface area contributed by atoms with E-state index in [0.717, 1.165) is 6.42 Å². The van der Waals surface area contributed by atoms with E-state index < -0.39 is 15.8 Å². The summed E-state index contributed by atoms with van der Waals surface area (Å²) in [6.07, 6.45) is 0.866. The Labute approximate surface area is 120 Å². The van der Waals surface area contributed by atoms with Gasteiger partial charge in [0.1, 0.15) is 10.7 Å². The van der Waals surface area contributed by atoms with Crippen molar-refractivity contribution < 1.29 is 12.8 Å². The number of aryl methyl sites for hydroxylation is 1. The summed E-state index contributed by atoms with van der Waals surface area (Å²) in [5, 5.41) is 0. The molecule has 114 valence electrons. The number of rotatable bonds is 6. The van der Waals surface area contributed by atoms with Crippen LogP contribution in [-0.2, 0) is 10.0 Å². The average Bonchev–Trinajstić information content (AvgIpc) is 2.39. The van der Waals surface area contributed by atoms with Crippen molar-refractivity contribution >= 4 is 15.7 Å². The number of nitrogens with two attached hydrogens (primary N) is 1. The fourth-order valence-corrected chi connectivity index (χ4v) is 3.53. The van der Waals surface area contributed by atoms with Gasteiger partial charge in [-0.15, -0.1) is 0 Å². The molecule has 1 aromatic carbocycles. The quantitative estimate of drug-likeness (QED) is 0.822. The van der Waals surface area contributed by atoms with E-state index in [1.54, 1.807) is 13.8 Å². The summed E-state index contributed by atoms with van der Waals surface area (Å²) in [6.45, 7) is 8.04. The van der Waals surface area contributed by atoms with E-state index in [-0.39, 0.29) is 16.5 Å². The molecule has 0 amide bonds. The number of benzene rings is 1. The number of sulfonamides is 1. The Bertz CT molecular complexity index is 573. The molecular formula is C14H23FN2O2S. The highest BCUT2D eigenvalue weighted by atomic mass is 32.2. The van der Waals surface area contributed by atoms with Crippen molar-refractivity contribution in [1.82, 2.24) is 4.31 Å². The summed E-state index contributed by atoms with van der Waals surface area (Å²) in [7, 11) is -3.85. The van der Waals surface area contributed by atoms with Gasteiger partial charge >= 0.3 is 0 Å². The molecule has 0 radical (unpaired) electrons. The monoisotopic (exact) mass is 302 g/mol. The standard InChI is InChI=1S/C14H23FN2O2S/c1-5-10(3)9-17(6-2)20(18,19)14-8-13(16)11(4)7-12(14)15/h7-8,10H,5-6,9,16H2,1-4H3. The molecule has 0 aliphatic heterocycles. The maximum absolute atomic E-state index is 14.0. The number of hydrogen-bond donors (Lipinski definition) is 1. The summed E-state index contributed by atoms with van der Waals surface area (Å²) in [5.41, 5.74) is 6.52. The molecular weight excluding hydrogens is 279 g/mol. The molecule has 2 N–H and O–H groups in total. The van der Waals surface area contributed by atoms with Crippen LogP contribution in [0.4, 0.5) is 10.1 Å². The molecule has 0 saturated carbocycles. The van der Waals surface area contributed by atoms with Gasteiger partial charge in [0, 0.05) is 18.8 Å². The van der Waals surface area contributed by atoms with Gasteiger partial charge in [-0.2, -0.15) is 4.31 Å². The van der Waals surface area contributed by atoms with Crippen LogP contribution in [0.5, 0.6) is 0 Å². The second-order valence-electron chi connectivity index (χ2n) is 5.11. The molecule has 1 aromatic rings. The highest BCUT2D eigenvalue weighted by Gasteiger charge is 2.27. The highest BCUT2D eigenvalue weighted by Crippen LogP contribution is 2.25. The Morgan fingerprint density at radius 1 is 1.35 bits per heavy atom. The fraction of sp³-hybridized carbons (Fsp3) is 0.571. The van der Waals surface area contributed by atoms with Crippen LogP contribution >= 0.6 is 0 Å². The number of nitrogens with zero attached hydrogens (tertiary/aromatic N) is 1. The largest absolute Gasteiger partial charge is 0.398 e. The third kappa shape index (κ3) is 3.49.